The fraction of sp³-hybridized carbons (Fsp3) is 0.333. The van der Waals surface area contributed by atoms with Gasteiger partial charge in [0.25, 0.3) is 5.69 Å². The summed E-state index contributed by atoms with van der Waals surface area (Å²) >= 11 is 0. The first-order chi connectivity index (χ1) is 13.1. The highest BCUT2D eigenvalue weighted by atomic mass is 16.6. The minimum Gasteiger partial charge on any atom is -0.411 e. The summed E-state index contributed by atoms with van der Waals surface area (Å²) in [5.74, 6) is 0.159. The molecule has 140 valence electrons. The number of hydrogen-bond donors (Lipinski definition) is 1. The van der Waals surface area contributed by atoms with Crippen molar-refractivity contribution in [2.24, 2.45) is 11.1 Å². The molecule has 0 amide bonds. The van der Waals surface area contributed by atoms with Gasteiger partial charge in [-0.1, -0.05) is 61.5 Å². The van der Waals surface area contributed by atoms with E-state index in [0.29, 0.717) is 17.9 Å². The highest BCUT2D eigenvalue weighted by molar-refractivity contribution is 6.45. The van der Waals surface area contributed by atoms with Gasteiger partial charge in [-0.3, -0.25) is 14.9 Å². The molecule has 0 atom stereocenters. The molecule has 2 aromatic carbocycles. The molecule has 0 aliphatic heterocycles. The standard InChI is InChI=1S/C21H22N2O4/c24-21(20(22-25)14-15-4-2-1-3-5-15)18-8-6-16(7-9-18)17-10-12-19(13-11-17)23(26)27/h6-13,15,25H,1-5,14H2. The second kappa shape index (κ2) is 8.58. The van der Waals surface area contributed by atoms with Crippen molar-refractivity contribution in [1.82, 2.24) is 0 Å². The van der Waals surface area contributed by atoms with Crippen LogP contribution in [0.1, 0.15) is 48.9 Å². The lowest BCUT2D eigenvalue weighted by atomic mass is 9.84. The van der Waals surface area contributed by atoms with Gasteiger partial charge >= 0.3 is 0 Å². The third kappa shape index (κ3) is 4.58. The van der Waals surface area contributed by atoms with E-state index in [1.54, 1.807) is 36.4 Å². The van der Waals surface area contributed by atoms with Crippen LogP contribution in [0.5, 0.6) is 0 Å². The second-order valence-electron chi connectivity index (χ2n) is 6.97. The van der Waals surface area contributed by atoms with Gasteiger partial charge in [0, 0.05) is 17.7 Å². The van der Waals surface area contributed by atoms with Crippen LogP contribution in [0.3, 0.4) is 0 Å². The Labute approximate surface area is 157 Å². The van der Waals surface area contributed by atoms with E-state index in [2.05, 4.69) is 5.16 Å². The summed E-state index contributed by atoms with van der Waals surface area (Å²) in [6.07, 6.45) is 6.24. The molecule has 0 radical (unpaired) electrons. The van der Waals surface area contributed by atoms with E-state index in [-0.39, 0.29) is 17.2 Å². The number of Topliss-reactive ketones (excluding diaryl/α,β-unsaturated/α-hetero) is 1. The Kier molecular flexibility index (Phi) is 5.96. The maximum Gasteiger partial charge on any atom is 0.269 e. The van der Waals surface area contributed by atoms with Gasteiger partial charge < -0.3 is 5.21 Å². The van der Waals surface area contributed by atoms with Crippen molar-refractivity contribution in [3.8, 4) is 11.1 Å². The molecule has 1 saturated carbocycles. The molecule has 6 nitrogen and oxygen atoms in total. The molecule has 1 aliphatic carbocycles. The number of rotatable bonds is 6. The Morgan fingerprint density at radius 3 is 2.07 bits per heavy atom. The van der Waals surface area contributed by atoms with E-state index in [9.17, 15) is 20.1 Å². The average Bonchev–Trinajstić information content (AvgIpc) is 2.72. The van der Waals surface area contributed by atoms with Crippen molar-refractivity contribution >= 4 is 17.2 Å². The highest BCUT2D eigenvalue weighted by Gasteiger charge is 2.21. The molecular weight excluding hydrogens is 344 g/mol. The Morgan fingerprint density at radius 2 is 1.56 bits per heavy atom. The van der Waals surface area contributed by atoms with Gasteiger partial charge in [-0.05, 0) is 35.6 Å². The minimum atomic E-state index is -0.437. The molecule has 3 rings (SSSR count). The molecule has 6 heteroatoms. The lowest BCUT2D eigenvalue weighted by molar-refractivity contribution is -0.384. The van der Waals surface area contributed by atoms with Crippen molar-refractivity contribution in [2.45, 2.75) is 38.5 Å². The molecular formula is C21H22N2O4. The molecule has 2 aromatic rings. The summed E-state index contributed by atoms with van der Waals surface area (Å²) in [5, 5.41) is 23.3. The summed E-state index contributed by atoms with van der Waals surface area (Å²) in [6, 6.07) is 13.3. The largest absolute Gasteiger partial charge is 0.411 e. The van der Waals surface area contributed by atoms with Gasteiger partial charge in [0.1, 0.15) is 5.71 Å². The summed E-state index contributed by atoms with van der Waals surface area (Å²) in [7, 11) is 0. The molecule has 0 aromatic heterocycles. The Morgan fingerprint density at radius 1 is 1.00 bits per heavy atom. The minimum absolute atomic E-state index is 0.0389. The predicted molar refractivity (Wildman–Crippen MR) is 103 cm³/mol. The van der Waals surface area contributed by atoms with Crippen molar-refractivity contribution in [1.29, 1.82) is 0 Å². The van der Waals surface area contributed by atoms with Crippen LogP contribution in [0.4, 0.5) is 5.69 Å². The normalized spacial score (nSPS) is 15.5. The molecule has 0 bridgehead atoms. The zero-order valence-corrected chi connectivity index (χ0v) is 15.0. The SMILES string of the molecule is O=C(C(CC1CCCCC1)=NO)c1ccc(-c2ccc([N+](=O)[O-])cc2)cc1. The second-order valence-corrected chi connectivity index (χ2v) is 6.97. The molecule has 1 aliphatic rings. The van der Waals surface area contributed by atoms with E-state index in [1.165, 1.54) is 31.4 Å². The van der Waals surface area contributed by atoms with Crippen molar-refractivity contribution in [2.75, 3.05) is 0 Å². The van der Waals surface area contributed by atoms with Crippen molar-refractivity contribution < 1.29 is 14.9 Å². The van der Waals surface area contributed by atoms with E-state index < -0.39 is 4.92 Å². The third-order valence-corrected chi connectivity index (χ3v) is 5.15. The average molecular weight is 366 g/mol. The van der Waals surface area contributed by atoms with Gasteiger partial charge in [-0.2, -0.15) is 0 Å². The first-order valence-corrected chi connectivity index (χ1v) is 9.19. The fourth-order valence-corrected chi connectivity index (χ4v) is 3.60. The lowest BCUT2D eigenvalue weighted by Crippen LogP contribution is -2.20. The number of ketones is 1. The van der Waals surface area contributed by atoms with Gasteiger partial charge in [0.15, 0.2) is 0 Å². The number of oxime groups is 1. The van der Waals surface area contributed by atoms with Gasteiger partial charge in [-0.15, -0.1) is 0 Å². The number of hydrogen-bond acceptors (Lipinski definition) is 5. The Hall–Kier alpha value is -3.02. The third-order valence-electron chi connectivity index (χ3n) is 5.15. The zero-order chi connectivity index (χ0) is 19.2. The molecule has 27 heavy (non-hydrogen) atoms. The molecule has 0 spiro atoms. The van der Waals surface area contributed by atoms with Crippen LogP contribution in [0, 0.1) is 16.0 Å². The van der Waals surface area contributed by atoms with Crippen LogP contribution in [0.2, 0.25) is 0 Å². The predicted octanol–water partition coefficient (Wildman–Crippen LogP) is 5.25. The van der Waals surface area contributed by atoms with Crippen LogP contribution in [-0.4, -0.2) is 21.6 Å². The van der Waals surface area contributed by atoms with Crippen LogP contribution in [-0.2, 0) is 0 Å². The van der Waals surface area contributed by atoms with Crippen molar-refractivity contribution in [3.05, 3.63) is 64.2 Å². The topological polar surface area (TPSA) is 92.8 Å². The van der Waals surface area contributed by atoms with Gasteiger partial charge in [0.2, 0.25) is 5.78 Å². The summed E-state index contributed by atoms with van der Waals surface area (Å²) in [4.78, 5) is 23.0. The maximum atomic E-state index is 12.7. The number of non-ortho nitro benzene ring substituents is 1. The number of carbonyl (C=O) groups is 1. The number of nitro groups is 1. The monoisotopic (exact) mass is 366 g/mol. The van der Waals surface area contributed by atoms with Gasteiger partial charge in [0.05, 0.1) is 4.92 Å². The van der Waals surface area contributed by atoms with Crippen LogP contribution in [0.25, 0.3) is 11.1 Å². The first kappa shape index (κ1) is 18.8. The van der Waals surface area contributed by atoms with E-state index in [0.717, 1.165) is 24.0 Å². The Balaban J connectivity index is 1.71. The molecule has 0 saturated heterocycles. The molecule has 1 fully saturated rings. The van der Waals surface area contributed by atoms with Crippen LogP contribution >= 0.6 is 0 Å². The number of benzene rings is 2. The molecule has 0 unspecified atom stereocenters. The quantitative estimate of drug-likeness (QED) is 0.248. The highest BCUT2D eigenvalue weighted by Crippen LogP contribution is 2.28. The molecule has 0 heterocycles. The van der Waals surface area contributed by atoms with E-state index in [4.69, 9.17) is 0 Å². The maximum absolute atomic E-state index is 12.7. The van der Waals surface area contributed by atoms with E-state index >= 15 is 0 Å². The van der Waals surface area contributed by atoms with E-state index in [1.807, 2.05) is 0 Å². The van der Waals surface area contributed by atoms with Gasteiger partial charge in [-0.25, -0.2) is 0 Å². The fourth-order valence-electron chi connectivity index (χ4n) is 3.60. The lowest BCUT2D eigenvalue weighted by Gasteiger charge is -2.21. The number of nitrogens with zero attached hydrogens (tertiary/aromatic N) is 2. The summed E-state index contributed by atoms with van der Waals surface area (Å²) in [5.41, 5.74) is 2.42. The smallest absolute Gasteiger partial charge is 0.269 e. The number of carbonyl (C=O) groups excluding carboxylic acids is 1. The summed E-state index contributed by atoms with van der Waals surface area (Å²) < 4.78 is 0. The van der Waals surface area contributed by atoms with Crippen molar-refractivity contribution in [3.63, 3.8) is 0 Å². The van der Waals surface area contributed by atoms with Crippen LogP contribution in [0.15, 0.2) is 53.7 Å². The Bertz CT molecular complexity index is 835. The summed E-state index contributed by atoms with van der Waals surface area (Å²) in [6.45, 7) is 0. The number of nitro benzene ring substituents is 1. The molecule has 1 N–H and O–H groups in total. The van der Waals surface area contributed by atoms with Crippen LogP contribution < -0.4 is 0 Å². The first-order valence-electron chi connectivity index (χ1n) is 9.19. The zero-order valence-electron chi connectivity index (χ0n) is 15.0.